The van der Waals surface area contributed by atoms with Gasteiger partial charge in [0, 0.05) is 17.0 Å². The normalized spacial score (nSPS) is 29.2. The van der Waals surface area contributed by atoms with Crippen molar-refractivity contribution in [1.82, 2.24) is 15.5 Å². The minimum Gasteiger partial charge on any atom is -0.480 e. The molecule has 0 saturated carbocycles. The van der Waals surface area contributed by atoms with Crippen LogP contribution in [0.4, 0.5) is 4.79 Å². The number of aliphatic carboxylic acids is 1. The van der Waals surface area contributed by atoms with Gasteiger partial charge in [-0.15, -0.1) is 11.3 Å². The highest BCUT2D eigenvalue weighted by Gasteiger charge is 2.69. The van der Waals surface area contributed by atoms with Crippen LogP contribution in [0.3, 0.4) is 0 Å². The molecular formula is C19H26N4O5S. The summed E-state index contributed by atoms with van der Waals surface area (Å²) in [6.07, 6.45) is 0.363. The molecule has 158 valence electrons. The number of urea groups is 1. The maximum Gasteiger partial charge on any atom is 0.324 e. The highest BCUT2D eigenvalue weighted by Crippen LogP contribution is 2.52. The highest BCUT2D eigenvalue weighted by atomic mass is 32.1. The summed E-state index contributed by atoms with van der Waals surface area (Å²) in [6, 6.07) is 2.40. The first-order valence-corrected chi connectivity index (χ1v) is 10.3. The fourth-order valence-electron chi connectivity index (χ4n) is 4.49. The molecule has 2 aliphatic rings. The number of carboxylic acids is 1. The Labute approximate surface area is 172 Å². The third kappa shape index (κ3) is 3.51. The topological polar surface area (TPSA) is 142 Å². The third-order valence-electron chi connectivity index (χ3n) is 5.60. The van der Waals surface area contributed by atoms with Gasteiger partial charge in [-0.1, -0.05) is 6.07 Å². The van der Waals surface area contributed by atoms with Gasteiger partial charge in [-0.3, -0.25) is 24.6 Å². The van der Waals surface area contributed by atoms with Crippen molar-refractivity contribution in [2.75, 3.05) is 6.54 Å². The molecule has 4 atom stereocenters. The molecule has 1 aromatic rings. The van der Waals surface area contributed by atoms with E-state index >= 15 is 0 Å². The third-order valence-corrected chi connectivity index (χ3v) is 6.56. The lowest BCUT2D eigenvalue weighted by Gasteiger charge is -2.35. The number of hydrogen-bond acceptors (Lipinski definition) is 6. The van der Waals surface area contributed by atoms with Crippen molar-refractivity contribution in [2.45, 2.75) is 50.7 Å². The van der Waals surface area contributed by atoms with Gasteiger partial charge in [0.2, 0.25) is 11.8 Å². The summed E-state index contributed by atoms with van der Waals surface area (Å²) in [7, 11) is 0. The van der Waals surface area contributed by atoms with E-state index in [0.717, 1.165) is 4.88 Å². The molecule has 4 unspecified atom stereocenters. The number of carbonyl (C=O) groups excluding carboxylic acids is 3. The van der Waals surface area contributed by atoms with Crippen LogP contribution in [0.1, 0.15) is 44.5 Å². The first-order chi connectivity index (χ1) is 13.5. The fraction of sp³-hybridized carbons (Fsp3) is 0.579. The monoisotopic (exact) mass is 422 g/mol. The number of imide groups is 1. The van der Waals surface area contributed by atoms with E-state index in [1.165, 1.54) is 16.2 Å². The number of nitrogens with one attached hydrogen (secondary N) is 2. The van der Waals surface area contributed by atoms with Crippen LogP contribution in [-0.4, -0.2) is 51.4 Å². The van der Waals surface area contributed by atoms with Crippen LogP contribution in [-0.2, 0) is 14.4 Å². The number of fused-ring (bicyclic) bond motifs is 1. The number of amides is 4. The lowest BCUT2D eigenvalue weighted by atomic mass is 9.77. The van der Waals surface area contributed by atoms with Crippen molar-refractivity contribution in [3.8, 4) is 0 Å². The van der Waals surface area contributed by atoms with Crippen LogP contribution in [0.25, 0.3) is 0 Å². The first-order valence-electron chi connectivity index (χ1n) is 9.46. The molecule has 0 bridgehead atoms. The predicted molar refractivity (Wildman–Crippen MR) is 106 cm³/mol. The summed E-state index contributed by atoms with van der Waals surface area (Å²) in [5, 5.41) is 17.6. The number of thiophene rings is 1. The quantitative estimate of drug-likeness (QED) is 0.399. The van der Waals surface area contributed by atoms with Crippen molar-refractivity contribution in [2.24, 2.45) is 17.6 Å². The van der Waals surface area contributed by atoms with Gasteiger partial charge in [0.25, 0.3) is 0 Å². The Balaban J connectivity index is 2.02. The van der Waals surface area contributed by atoms with Crippen LogP contribution >= 0.6 is 11.3 Å². The van der Waals surface area contributed by atoms with Gasteiger partial charge in [-0.25, -0.2) is 4.79 Å². The molecule has 5 N–H and O–H groups in total. The summed E-state index contributed by atoms with van der Waals surface area (Å²) in [5.41, 5.74) is 2.71. The molecule has 4 amide bonds. The smallest absolute Gasteiger partial charge is 0.324 e. The largest absolute Gasteiger partial charge is 0.480 e. The maximum absolute atomic E-state index is 13.3. The summed E-state index contributed by atoms with van der Waals surface area (Å²) in [5.74, 6) is -3.81. The molecule has 2 aliphatic heterocycles. The van der Waals surface area contributed by atoms with E-state index in [0.29, 0.717) is 6.42 Å². The standard InChI is InChI=1S/C19H26N4O5S/c1-18(2,3)23-14(24)11-12(15(23)25)19(16(26)27,7-5-8-21-17(20)28)22-13(11)10-6-4-9-29-10/h4,6,9,11-13,22H,5,7-8H2,1-3H3,(H,26,27)(H3,20,21,28). The second-order valence-corrected chi connectivity index (χ2v) is 9.47. The van der Waals surface area contributed by atoms with Crippen molar-refractivity contribution in [3.05, 3.63) is 22.4 Å². The zero-order valence-corrected chi connectivity index (χ0v) is 17.4. The molecular weight excluding hydrogens is 396 g/mol. The van der Waals surface area contributed by atoms with E-state index in [4.69, 9.17) is 5.73 Å². The first kappa shape index (κ1) is 21.3. The van der Waals surface area contributed by atoms with E-state index in [-0.39, 0.29) is 18.9 Å². The summed E-state index contributed by atoms with van der Waals surface area (Å²) < 4.78 is 0. The van der Waals surface area contributed by atoms with Crippen molar-refractivity contribution < 1.29 is 24.3 Å². The van der Waals surface area contributed by atoms with E-state index < -0.39 is 46.9 Å². The molecule has 2 saturated heterocycles. The van der Waals surface area contributed by atoms with Gasteiger partial charge >= 0.3 is 12.0 Å². The molecule has 10 heteroatoms. The Morgan fingerprint density at radius 3 is 2.55 bits per heavy atom. The molecule has 0 aliphatic carbocycles. The van der Waals surface area contributed by atoms with Crippen molar-refractivity contribution >= 4 is 35.2 Å². The molecule has 3 rings (SSSR count). The molecule has 3 heterocycles. The fourth-order valence-corrected chi connectivity index (χ4v) is 5.31. The van der Waals surface area contributed by atoms with Crippen molar-refractivity contribution in [3.63, 3.8) is 0 Å². The second-order valence-electron chi connectivity index (χ2n) is 8.49. The van der Waals surface area contributed by atoms with Crippen LogP contribution in [0, 0.1) is 11.8 Å². The summed E-state index contributed by atoms with van der Waals surface area (Å²) >= 11 is 1.41. The van der Waals surface area contributed by atoms with Crippen LogP contribution in [0.2, 0.25) is 0 Å². The van der Waals surface area contributed by atoms with Crippen molar-refractivity contribution in [1.29, 1.82) is 0 Å². The van der Waals surface area contributed by atoms with Gasteiger partial charge < -0.3 is 16.2 Å². The number of nitrogens with zero attached hydrogens (tertiary/aromatic N) is 1. The van der Waals surface area contributed by atoms with Crippen LogP contribution < -0.4 is 16.4 Å². The molecule has 9 nitrogen and oxygen atoms in total. The molecule has 0 aromatic carbocycles. The number of carbonyl (C=O) groups is 4. The number of carboxylic acid groups (broad SMARTS) is 1. The highest BCUT2D eigenvalue weighted by molar-refractivity contribution is 7.10. The SMILES string of the molecule is CC(C)(C)N1C(=O)C2C(c3cccs3)NC(CCCNC(N)=O)(C(=O)O)C2C1=O. The lowest BCUT2D eigenvalue weighted by Crippen LogP contribution is -2.57. The Morgan fingerprint density at radius 1 is 1.34 bits per heavy atom. The van der Waals surface area contributed by atoms with Crippen LogP contribution in [0.15, 0.2) is 17.5 Å². The van der Waals surface area contributed by atoms with E-state index in [1.54, 1.807) is 20.8 Å². The zero-order chi connectivity index (χ0) is 21.6. The maximum atomic E-state index is 13.3. The Kier molecular flexibility index (Phi) is 5.44. The van der Waals surface area contributed by atoms with Gasteiger partial charge in [0.05, 0.1) is 17.9 Å². The average molecular weight is 423 g/mol. The van der Waals surface area contributed by atoms with E-state index in [2.05, 4.69) is 10.6 Å². The lowest BCUT2D eigenvalue weighted by molar-refractivity contribution is -0.154. The van der Waals surface area contributed by atoms with Gasteiger partial charge in [0.1, 0.15) is 5.54 Å². The molecule has 0 radical (unpaired) electrons. The number of rotatable bonds is 6. The zero-order valence-electron chi connectivity index (χ0n) is 16.6. The Hall–Kier alpha value is -2.46. The predicted octanol–water partition coefficient (Wildman–Crippen LogP) is 1.06. The number of hydrogen-bond donors (Lipinski definition) is 4. The Morgan fingerprint density at radius 2 is 2.03 bits per heavy atom. The van der Waals surface area contributed by atoms with Crippen LogP contribution in [0.5, 0.6) is 0 Å². The second kappa shape index (κ2) is 7.42. The summed E-state index contributed by atoms with van der Waals surface area (Å²) in [6.45, 7) is 5.46. The average Bonchev–Trinajstić information content (AvgIpc) is 3.28. The number of likely N-dealkylation sites (tertiary alicyclic amines) is 1. The van der Waals surface area contributed by atoms with Gasteiger partial charge in [-0.2, -0.15) is 0 Å². The number of nitrogens with two attached hydrogens (primary N) is 1. The molecule has 1 aromatic heterocycles. The molecule has 29 heavy (non-hydrogen) atoms. The number of primary amides is 1. The Bertz CT molecular complexity index is 834. The van der Waals surface area contributed by atoms with Gasteiger partial charge in [-0.05, 0) is 45.1 Å². The minimum atomic E-state index is -1.61. The van der Waals surface area contributed by atoms with Gasteiger partial charge in [0.15, 0.2) is 0 Å². The minimum absolute atomic E-state index is 0.0721. The molecule has 0 spiro atoms. The molecule has 2 fully saturated rings. The summed E-state index contributed by atoms with van der Waals surface area (Å²) in [4.78, 5) is 52.0. The van der Waals surface area contributed by atoms with E-state index in [9.17, 15) is 24.3 Å². The van der Waals surface area contributed by atoms with E-state index in [1.807, 2.05) is 17.5 Å².